The van der Waals surface area contributed by atoms with Crippen LogP contribution in [0.2, 0.25) is 0 Å². The Labute approximate surface area is 150 Å². The molecule has 0 aliphatic rings. The Bertz CT molecular complexity index is 519. The molecule has 1 rings (SSSR count). The highest BCUT2D eigenvalue weighted by Crippen LogP contribution is 2.07. The summed E-state index contributed by atoms with van der Waals surface area (Å²) in [4.78, 5) is 16.5. The third-order valence-corrected chi connectivity index (χ3v) is 4.06. The summed E-state index contributed by atoms with van der Waals surface area (Å²) in [5.41, 5.74) is 1.71. The number of carbonyl (C=O) groups is 1. The Hall–Kier alpha value is -1.69. The van der Waals surface area contributed by atoms with Crippen LogP contribution in [0, 0.1) is 0 Å². The topological polar surface area (TPSA) is 65.5 Å². The van der Waals surface area contributed by atoms with Crippen molar-refractivity contribution in [1.29, 1.82) is 0 Å². The molecule has 1 aromatic carbocycles. The number of thioether (sulfide) groups is 1. The molecule has 3 N–H and O–H groups in total. The first-order valence-electron chi connectivity index (χ1n) is 8.59. The van der Waals surface area contributed by atoms with E-state index in [1.54, 1.807) is 0 Å². The second-order valence-electron chi connectivity index (χ2n) is 5.38. The van der Waals surface area contributed by atoms with Crippen molar-refractivity contribution in [2.45, 2.75) is 33.2 Å². The van der Waals surface area contributed by atoms with Gasteiger partial charge in [0.1, 0.15) is 0 Å². The molecular formula is C18H30N4OS. The van der Waals surface area contributed by atoms with E-state index in [2.05, 4.69) is 34.1 Å². The maximum absolute atomic E-state index is 11.9. The number of amides is 1. The highest BCUT2D eigenvalue weighted by atomic mass is 32.2. The van der Waals surface area contributed by atoms with Gasteiger partial charge in [-0.1, -0.05) is 12.1 Å². The predicted octanol–water partition coefficient (Wildman–Crippen LogP) is 2.63. The number of carbonyl (C=O) groups excluding carboxylic acids is 1. The predicted molar refractivity (Wildman–Crippen MR) is 105 cm³/mol. The number of hydrogen-bond acceptors (Lipinski definition) is 3. The lowest BCUT2D eigenvalue weighted by Crippen LogP contribution is -2.37. The van der Waals surface area contributed by atoms with Crippen molar-refractivity contribution in [1.82, 2.24) is 16.0 Å². The van der Waals surface area contributed by atoms with Crippen LogP contribution in [0.4, 0.5) is 0 Å². The highest BCUT2D eigenvalue weighted by Gasteiger charge is 2.04. The molecule has 0 bridgehead atoms. The van der Waals surface area contributed by atoms with E-state index in [1.807, 2.05) is 43.0 Å². The van der Waals surface area contributed by atoms with E-state index in [9.17, 15) is 4.79 Å². The van der Waals surface area contributed by atoms with Crippen LogP contribution < -0.4 is 16.0 Å². The van der Waals surface area contributed by atoms with Crippen molar-refractivity contribution in [3.8, 4) is 0 Å². The van der Waals surface area contributed by atoms with Crippen LogP contribution in [0.5, 0.6) is 0 Å². The average molecular weight is 351 g/mol. The van der Waals surface area contributed by atoms with Gasteiger partial charge in [-0.15, -0.1) is 0 Å². The van der Waals surface area contributed by atoms with Gasteiger partial charge in [0.15, 0.2) is 5.96 Å². The Morgan fingerprint density at radius 1 is 1.12 bits per heavy atom. The molecule has 0 aromatic heterocycles. The van der Waals surface area contributed by atoms with Gasteiger partial charge in [-0.3, -0.25) is 4.79 Å². The Balaban J connectivity index is 2.58. The number of nitrogens with one attached hydrogen (secondary N) is 3. The first kappa shape index (κ1) is 20.4. The summed E-state index contributed by atoms with van der Waals surface area (Å²) < 4.78 is 0. The van der Waals surface area contributed by atoms with Crippen molar-refractivity contribution in [2.75, 3.05) is 31.6 Å². The van der Waals surface area contributed by atoms with E-state index in [1.165, 1.54) is 12.2 Å². The second kappa shape index (κ2) is 12.7. The van der Waals surface area contributed by atoms with Crippen LogP contribution in [0.25, 0.3) is 0 Å². The van der Waals surface area contributed by atoms with E-state index in [0.29, 0.717) is 18.7 Å². The van der Waals surface area contributed by atoms with Gasteiger partial charge in [-0.2, -0.15) is 11.8 Å². The molecule has 6 heteroatoms. The van der Waals surface area contributed by atoms with Gasteiger partial charge in [0, 0.05) is 25.2 Å². The van der Waals surface area contributed by atoms with Gasteiger partial charge >= 0.3 is 0 Å². The summed E-state index contributed by atoms with van der Waals surface area (Å²) in [5, 5.41) is 9.43. The van der Waals surface area contributed by atoms with Gasteiger partial charge < -0.3 is 16.0 Å². The molecule has 1 amide bonds. The van der Waals surface area contributed by atoms with Crippen LogP contribution in [0.3, 0.4) is 0 Å². The van der Waals surface area contributed by atoms with E-state index in [4.69, 9.17) is 0 Å². The Morgan fingerprint density at radius 3 is 2.62 bits per heavy atom. The molecule has 1 aromatic rings. The van der Waals surface area contributed by atoms with Crippen molar-refractivity contribution in [3.05, 3.63) is 35.4 Å². The van der Waals surface area contributed by atoms with Crippen molar-refractivity contribution >= 4 is 23.6 Å². The van der Waals surface area contributed by atoms with Crippen LogP contribution in [-0.4, -0.2) is 43.5 Å². The van der Waals surface area contributed by atoms with Gasteiger partial charge in [-0.05, 0) is 56.4 Å². The van der Waals surface area contributed by atoms with E-state index in [0.717, 1.165) is 31.0 Å². The number of aliphatic imine (C=N–C) groups is 1. The number of benzene rings is 1. The van der Waals surface area contributed by atoms with Crippen molar-refractivity contribution in [2.24, 2.45) is 4.99 Å². The molecule has 0 heterocycles. The summed E-state index contributed by atoms with van der Waals surface area (Å²) in [5.74, 6) is 1.98. The first-order valence-corrected chi connectivity index (χ1v) is 9.98. The SMILES string of the molecule is CCNC(=O)c1cccc(CN=C(NCC)NCCCCSC)c1. The lowest BCUT2D eigenvalue weighted by Gasteiger charge is -2.11. The molecule has 0 atom stereocenters. The zero-order chi connectivity index (χ0) is 17.6. The Kier molecular flexibility index (Phi) is 10.8. The monoisotopic (exact) mass is 350 g/mol. The molecule has 134 valence electrons. The molecule has 0 aliphatic heterocycles. The number of hydrogen-bond donors (Lipinski definition) is 3. The molecule has 0 saturated carbocycles. The molecular weight excluding hydrogens is 320 g/mol. The summed E-state index contributed by atoms with van der Waals surface area (Å²) in [7, 11) is 0. The fourth-order valence-corrected chi connectivity index (χ4v) is 2.66. The minimum Gasteiger partial charge on any atom is -0.357 e. The smallest absolute Gasteiger partial charge is 0.251 e. The molecule has 24 heavy (non-hydrogen) atoms. The molecule has 0 aliphatic carbocycles. The van der Waals surface area contributed by atoms with E-state index in [-0.39, 0.29) is 5.91 Å². The average Bonchev–Trinajstić information content (AvgIpc) is 2.60. The second-order valence-corrected chi connectivity index (χ2v) is 6.37. The number of nitrogens with zero attached hydrogens (tertiary/aromatic N) is 1. The van der Waals surface area contributed by atoms with Crippen LogP contribution in [0.1, 0.15) is 42.6 Å². The quantitative estimate of drug-likeness (QED) is 0.345. The normalized spacial score (nSPS) is 11.2. The Morgan fingerprint density at radius 2 is 1.92 bits per heavy atom. The van der Waals surface area contributed by atoms with Crippen LogP contribution in [-0.2, 0) is 6.54 Å². The third-order valence-electron chi connectivity index (χ3n) is 3.36. The highest BCUT2D eigenvalue weighted by molar-refractivity contribution is 7.98. The van der Waals surface area contributed by atoms with Gasteiger partial charge in [0.25, 0.3) is 5.91 Å². The zero-order valence-electron chi connectivity index (χ0n) is 15.0. The minimum absolute atomic E-state index is 0.0397. The summed E-state index contributed by atoms with van der Waals surface area (Å²) in [6.07, 6.45) is 4.48. The van der Waals surface area contributed by atoms with E-state index >= 15 is 0 Å². The maximum Gasteiger partial charge on any atom is 0.251 e. The first-order chi connectivity index (χ1) is 11.7. The van der Waals surface area contributed by atoms with Gasteiger partial charge in [-0.25, -0.2) is 4.99 Å². The molecule has 0 spiro atoms. The summed E-state index contributed by atoms with van der Waals surface area (Å²) in [6, 6.07) is 7.62. The molecule has 0 saturated heterocycles. The summed E-state index contributed by atoms with van der Waals surface area (Å²) in [6.45, 7) is 6.90. The lowest BCUT2D eigenvalue weighted by molar-refractivity contribution is 0.0955. The number of rotatable bonds is 10. The molecule has 0 unspecified atom stereocenters. The largest absolute Gasteiger partial charge is 0.357 e. The molecule has 5 nitrogen and oxygen atoms in total. The van der Waals surface area contributed by atoms with Crippen LogP contribution in [0.15, 0.2) is 29.3 Å². The number of unbranched alkanes of at least 4 members (excludes halogenated alkanes) is 1. The molecule has 0 fully saturated rings. The van der Waals surface area contributed by atoms with Gasteiger partial charge in [0.05, 0.1) is 6.54 Å². The van der Waals surface area contributed by atoms with Crippen molar-refractivity contribution < 1.29 is 4.79 Å². The molecule has 0 radical (unpaired) electrons. The van der Waals surface area contributed by atoms with Crippen molar-refractivity contribution in [3.63, 3.8) is 0 Å². The fourth-order valence-electron chi connectivity index (χ4n) is 2.16. The zero-order valence-corrected chi connectivity index (χ0v) is 15.8. The third kappa shape index (κ3) is 8.24. The van der Waals surface area contributed by atoms with Gasteiger partial charge in [0.2, 0.25) is 0 Å². The van der Waals surface area contributed by atoms with E-state index < -0.39 is 0 Å². The minimum atomic E-state index is -0.0397. The number of guanidine groups is 1. The standard InChI is InChI=1S/C18H30N4OS/c1-4-19-17(23)16-10-8-9-15(13-16)14-22-18(20-5-2)21-11-6-7-12-24-3/h8-10,13H,4-7,11-12,14H2,1-3H3,(H,19,23)(H2,20,21,22). The van der Waals surface area contributed by atoms with Crippen LogP contribution >= 0.6 is 11.8 Å². The maximum atomic E-state index is 11.9. The lowest BCUT2D eigenvalue weighted by atomic mass is 10.1. The summed E-state index contributed by atoms with van der Waals surface area (Å²) >= 11 is 1.88. The fraction of sp³-hybridized carbons (Fsp3) is 0.556.